The predicted octanol–water partition coefficient (Wildman–Crippen LogP) is 4.88. The minimum atomic E-state index is -1.19. The highest BCUT2D eigenvalue weighted by Gasteiger charge is 2.32. The first-order chi connectivity index (χ1) is 12.5. The molecule has 0 spiro atoms. The summed E-state index contributed by atoms with van der Waals surface area (Å²) in [5, 5.41) is 12.4. The summed E-state index contributed by atoms with van der Waals surface area (Å²) in [6.07, 6.45) is 5.17. The molecule has 3 aromatic rings. The molecule has 136 valence electrons. The van der Waals surface area contributed by atoms with Gasteiger partial charge in [-0.15, -0.1) is 11.8 Å². The first kappa shape index (κ1) is 19.1. The summed E-state index contributed by atoms with van der Waals surface area (Å²) in [7, 11) is 1.63. The number of aliphatic hydroxyl groups is 1. The number of methoxy groups -OCH3 is 1. The van der Waals surface area contributed by atoms with Crippen molar-refractivity contribution in [3.8, 4) is 5.75 Å². The van der Waals surface area contributed by atoms with Gasteiger partial charge in [-0.1, -0.05) is 29.3 Å². The second-order valence-corrected chi connectivity index (χ2v) is 7.75. The summed E-state index contributed by atoms with van der Waals surface area (Å²) in [6.45, 7) is 0.331. The minimum absolute atomic E-state index is 0.331. The van der Waals surface area contributed by atoms with Crippen LogP contribution in [0, 0.1) is 0 Å². The zero-order chi connectivity index (χ0) is 18.6. The third-order valence-electron chi connectivity index (χ3n) is 3.97. The van der Waals surface area contributed by atoms with Crippen LogP contribution in [0.4, 0.5) is 0 Å². The molecule has 7 heteroatoms. The van der Waals surface area contributed by atoms with E-state index in [1.54, 1.807) is 49.6 Å². The summed E-state index contributed by atoms with van der Waals surface area (Å²) in [6, 6.07) is 12.9. The van der Waals surface area contributed by atoms with Gasteiger partial charge in [-0.2, -0.15) is 0 Å². The van der Waals surface area contributed by atoms with Crippen molar-refractivity contribution >= 4 is 35.0 Å². The Morgan fingerprint density at radius 2 is 1.96 bits per heavy atom. The van der Waals surface area contributed by atoms with Gasteiger partial charge in [0.15, 0.2) is 0 Å². The van der Waals surface area contributed by atoms with Crippen LogP contribution in [0.25, 0.3) is 0 Å². The highest BCUT2D eigenvalue weighted by atomic mass is 35.5. The molecule has 0 aliphatic carbocycles. The quantitative estimate of drug-likeness (QED) is 0.565. The Morgan fingerprint density at radius 3 is 2.58 bits per heavy atom. The van der Waals surface area contributed by atoms with Crippen LogP contribution in [0.2, 0.25) is 10.0 Å². The minimum Gasteiger partial charge on any atom is -0.497 e. The Labute approximate surface area is 166 Å². The zero-order valence-corrected chi connectivity index (χ0v) is 16.4. The number of thioether (sulfide) groups is 1. The topological polar surface area (TPSA) is 47.3 Å². The van der Waals surface area contributed by atoms with E-state index in [0.29, 0.717) is 27.9 Å². The van der Waals surface area contributed by atoms with Gasteiger partial charge in [-0.05, 0) is 36.4 Å². The van der Waals surface area contributed by atoms with Crippen molar-refractivity contribution in [1.29, 1.82) is 0 Å². The second kappa shape index (κ2) is 8.35. The summed E-state index contributed by atoms with van der Waals surface area (Å²) in [5.74, 6) is 1.21. The fourth-order valence-corrected chi connectivity index (χ4v) is 4.20. The number of ether oxygens (including phenoxy) is 1. The van der Waals surface area contributed by atoms with Crippen LogP contribution >= 0.6 is 35.0 Å². The van der Waals surface area contributed by atoms with Crippen molar-refractivity contribution in [2.75, 3.05) is 12.9 Å². The number of nitrogens with zero attached hydrogens (tertiary/aromatic N) is 2. The van der Waals surface area contributed by atoms with Crippen molar-refractivity contribution in [3.05, 3.63) is 76.8 Å². The molecule has 0 aliphatic heterocycles. The molecule has 1 aromatic heterocycles. The molecule has 0 aliphatic rings. The fraction of sp³-hybridized carbons (Fsp3) is 0.211. The van der Waals surface area contributed by atoms with Gasteiger partial charge >= 0.3 is 0 Å². The van der Waals surface area contributed by atoms with Gasteiger partial charge in [0.25, 0.3) is 0 Å². The van der Waals surface area contributed by atoms with Crippen LogP contribution in [0.3, 0.4) is 0 Å². The lowest BCUT2D eigenvalue weighted by molar-refractivity contribution is 0.0435. The number of benzene rings is 2. The van der Waals surface area contributed by atoms with E-state index >= 15 is 0 Å². The summed E-state index contributed by atoms with van der Waals surface area (Å²) < 4.78 is 7.01. The van der Waals surface area contributed by atoms with Gasteiger partial charge in [0.05, 0.1) is 20.0 Å². The van der Waals surface area contributed by atoms with Gasteiger partial charge in [0, 0.05) is 38.7 Å². The summed E-state index contributed by atoms with van der Waals surface area (Å²) >= 11 is 13.9. The van der Waals surface area contributed by atoms with Crippen molar-refractivity contribution in [2.45, 2.75) is 17.0 Å². The number of aromatic nitrogens is 2. The zero-order valence-electron chi connectivity index (χ0n) is 14.1. The molecule has 1 atom stereocenters. The summed E-state index contributed by atoms with van der Waals surface area (Å²) in [4.78, 5) is 5.08. The average Bonchev–Trinajstić information content (AvgIpc) is 3.13. The van der Waals surface area contributed by atoms with E-state index in [1.165, 1.54) is 0 Å². The van der Waals surface area contributed by atoms with Gasteiger partial charge in [0.1, 0.15) is 11.4 Å². The first-order valence-corrected chi connectivity index (χ1v) is 9.65. The molecule has 1 unspecified atom stereocenters. The fourth-order valence-electron chi connectivity index (χ4n) is 2.63. The number of hydrogen-bond donors (Lipinski definition) is 1. The molecule has 2 aromatic carbocycles. The lowest BCUT2D eigenvalue weighted by atomic mass is 9.95. The molecule has 0 radical (unpaired) electrons. The third-order valence-corrected chi connectivity index (χ3v) is 5.75. The Balaban J connectivity index is 1.86. The van der Waals surface area contributed by atoms with Crippen LogP contribution in [0.15, 0.2) is 66.1 Å². The first-order valence-electron chi connectivity index (χ1n) is 7.91. The van der Waals surface area contributed by atoms with Crippen LogP contribution in [0.1, 0.15) is 5.56 Å². The van der Waals surface area contributed by atoms with E-state index in [0.717, 1.165) is 10.6 Å². The van der Waals surface area contributed by atoms with Gasteiger partial charge < -0.3 is 14.4 Å². The molecule has 0 saturated carbocycles. The van der Waals surface area contributed by atoms with Crippen molar-refractivity contribution in [3.63, 3.8) is 0 Å². The lowest BCUT2D eigenvalue weighted by Crippen LogP contribution is -2.34. The predicted molar refractivity (Wildman–Crippen MR) is 106 cm³/mol. The number of imidazole rings is 1. The molecule has 0 saturated heterocycles. The Bertz CT molecular complexity index is 856. The Kier molecular flexibility index (Phi) is 6.14. The van der Waals surface area contributed by atoms with Crippen LogP contribution < -0.4 is 4.74 Å². The molecule has 3 rings (SSSR count). The number of rotatable bonds is 7. The molecule has 0 fully saturated rings. The van der Waals surface area contributed by atoms with Crippen LogP contribution in [-0.4, -0.2) is 27.5 Å². The Hall–Kier alpha value is -1.66. The second-order valence-electron chi connectivity index (χ2n) is 5.85. The normalized spacial score (nSPS) is 13.4. The van der Waals surface area contributed by atoms with Crippen molar-refractivity contribution in [1.82, 2.24) is 9.55 Å². The highest BCUT2D eigenvalue weighted by Crippen LogP contribution is 2.36. The molecule has 1 heterocycles. The van der Waals surface area contributed by atoms with E-state index in [9.17, 15) is 5.11 Å². The smallest absolute Gasteiger partial charge is 0.118 e. The molecular formula is C19H18Cl2N2O2S. The maximum absolute atomic E-state index is 11.5. The molecule has 0 bridgehead atoms. The van der Waals surface area contributed by atoms with E-state index in [4.69, 9.17) is 27.9 Å². The monoisotopic (exact) mass is 408 g/mol. The van der Waals surface area contributed by atoms with Gasteiger partial charge in [0.2, 0.25) is 0 Å². The van der Waals surface area contributed by atoms with E-state index in [-0.39, 0.29) is 0 Å². The maximum atomic E-state index is 11.5. The maximum Gasteiger partial charge on any atom is 0.118 e. The molecule has 26 heavy (non-hydrogen) atoms. The molecular weight excluding hydrogens is 391 g/mol. The molecule has 4 nitrogen and oxygen atoms in total. The molecule has 1 N–H and O–H groups in total. The van der Waals surface area contributed by atoms with Crippen LogP contribution in [0.5, 0.6) is 5.75 Å². The van der Waals surface area contributed by atoms with E-state index in [2.05, 4.69) is 4.98 Å². The number of halogens is 2. The lowest BCUT2D eigenvalue weighted by Gasteiger charge is -2.30. The summed E-state index contributed by atoms with van der Waals surface area (Å²) in [5.41, 5.74) is -0.550. The van der Waals surface area contributed by atoms with E-state index in [1.807, 2.05) is 35.0 Å². The van der Waals surface area contributed by atoms with Gasteiger partial charge in [-0.25, -0.2) is 4.98 Å². The van der Waals surface area contributed by atoms with E-state index < -0.39 is 5.60 Å². The molecule has 0 amide bonds. The Morgan fingerprint density at radius 1 is 1.19 bits per heavy atom. The van der Waals surface area contributed by atoms with Gasteiger partial charge in [-0.3, -0.25) is 0 Å². The van der Waals surface area contributed by atoms with Crippen molar-refractivity contribution < 1.29 is 9.84 Å². The van der Waals surface area contributed by atoms with Crippen molar-refractivity contribution in [2.24, 2.45) is 0 Å². The van der Waals surface area contributed by atoms with Crippen LogP contribution in [-0.2, 0) is 12.1 Å². The third kappa shape index (κ3) is 4.54. The highest BCUT2D eigenvalue weighted by molar-refractivity contribution is 7.99. The SMILES string of the molecule is COc1ccc(SCC(O)(Cn2ccnc2)c2ccc(Cl)cc2Cl)cc1. The largest absolute Gasteiger partial charge is 0.497 e. The average molecular weight is 409 g/mol. The number of hydrogen-bond acceptors (Lipinski definition) is 4. The standard InChI is InChI=1S/C19H18Cl2N2O2S/c1-25-15-3-5-16(6-4-15)26-12-19(24,11-23-9-8-22-13-23)17-7-2-14(20)10-18(17)21/h2-10,13,24H,11-12H2,1H3.